The highest BCUT2D eigenvalue weighted by Crippen LogP contribution is 2.31. The minimum absolute atomic E-state index is 0.898. The van der Waals surface area contributed by atoms with Crippen LogP contribution in [0.1, 0.15) is 25.1 Å². The number of benzene rings is 1. The van der Waals surface area contributed by atoms with Gasteiger partial charge in [0.15, 0.2) is 5.82 Å². The topological polar surface area (TPSA) is 46.3 Å². The van der Waals surface area contributed by atoms with E-state index in [-0.39, 0.29) is 0 Å². The summed E-state index contributed by atoms with van der Waals surface area (Å²) in [4.78, 5) is 11.7. The zero-order valence-electron chi connectivity index (χ0n) is 12.7. The van der Waals surface area contributed by atoms with E-state index in [4.69, 9.17) is 4.98 Å². The van der Waals surface area contributed by atoms with Crippen LogP contribution < -0.4 is 4.90 Å². The smallest absolute Gasteiger partial charge is 0.158 e. The molecule has 1 fully saturated rings. The van der Waals surface area contributed by atoms with E-state index in [1.54, 1.807) is 6.33 Å². The molecule has 1 aliphatic rings. The molecule has 2 aromatic heterocycles. The van der Waals surface area contributed by atoms with E-state index in [0.29, 0.717) is 0 Å². The monoisotopic (exact) mass is 293 g/mol. The first-order chi connectivity index (χ1) is 10.8. The molecule has 5 nitrogen and oxygen atoms in total. The third-order valence-corrected chi connectivity index (χ3v) is 4.28. The zero-order valence-corrected chi connectivity index (χ0v) is 12.7. The summed E-state index contributed by atoms with van der Waals surface area (Å²) in [6, 6.07) is 10.3. The van der Waals surface area contributed by atoms with Gasteiger partial charge >= 0.3 is 0 Å². The van der Waals surface area contributed by atoms with Crippen molar-refractivity contribution in [2.45, 2.75) is 26.2 Å². The molecule has 1 aliphatic heterocycles. The molecule has 0 saturated carbocycles. The number of piperidine rings is 1. The molecule has 0 amide bonds. The predicted octanol–water partition coefficient (Wildman–Crippen LogP) is 3.09. The molecule has 0 atom stereocenters. The molecule has 0 spiro atoms. The highest BCUT2D eigenvalue weighted by molar-refractivity contribution is 5.86. The van der Waals surface area contributed by atoms with Gasteiger partial charge in [-0.3, -0.25) is 0 Å². The molecule has 112 valence electrons. The first-order valence-electron chi connectivity index (χ1n) is 7.85. The van der Waals surface area contributed by atoms with Gasteiger partial charge < -0.3 is 4.90 Å². The molecular formula is C17H19N5. The first kappa shape index (κ1) is 13.2. The number of aromatic nitrogens is 4. The van der Waals surface area contributed by atoms with E-state index in [1.165, 1.54) is 19.3 Å². The molecule has 0 aliphatic carbocycles. The van der Waals surface area contributed by atoms with Gasteiger partial charge in [0.25, 0.3) is 0 Å². The molecule has 0 N–H and O–H groups in total. The first-order valence-corrected chi connectivity index (χ1v) is 7.85. The van der Waals surface area contributed by atoms with Crippen molar-refractivity contribution in [1.82, 2.24) is 19.6 Å². The minimum atomic E-state index is 0.898. The Labute approximate surface area is 129 Å². The van der Waals surface area contributed by atoms with Crippen LogP contribution in [0, 0.1) is 6.92 Å². The maximum absolute atomic E-state index is 4.75. The molecule has 0 unspecified atom stereocenters. The molecule has 1 aromatic carbocycles. The van der Waals surface area contributed by atoms with Crippen molar-refractivity contribution >= 4 is 11.3 Å². The Balaban J connectivity index is 1.94. The molecule has 3 heterocycles. The van der Waals surface area contributed by atoms with E-state index in [1.807, 2.05) is 29.6 Å². The second kappa shape index (κ2) is 5.40. The second-order valence-electron chi connectivity index (χ2n) is 5.77. The van der Waals surface area contributed by atoms with Gasteiger partial charge in [-0.05, 0) is 26.2 Å². The van der Waals surface area contributed by atoms with Crippen LogP contribution in [0.3, 0.4) is 0 Å². The minimum Gasteiger partial charge on any atom is -0.355 e. The van der Waals surface area contributed by atoms with Crippen LogP contribution in [0.15, 0.2) is 36.7 Å². The van der Waals surface area contributed by atoms with Crippen molar-refractivity contribution in [2.24, 2.45) is 0 Å². The van der Waals surface area contributed by atoms with E-state index < -0.39 is 0 Å². The van der Waals surface area contributed by atoms with E-state index in [9.17, 15) is 0 Å². The van der Waals surface area contributed by atoms with Crippen molar-refractivity contribution in [1.29, 1.82) is 0 Å². The Morgan fingerprint density at radius 1 is 1.00 bits per heavy atom. The molecule has 3 aromatic rings. The highest BCUT2D eigenvalue weighted by atomic mass is 15.3. The normalized spacial score (nSPS) is 15.4. The summed E-state index contributed by atoms with van der Waals surface area (Å²) in [6.07, 6.45) is 5.40. The van der Waals surface area contributed by atoms with Crippen LogP contribution in [0.4, 0.5) is 5.82 Å². The SMILES string of the molecule is Cc1nc(-c2ccccc2)c2c(N3CCCCC3)ncnn12. The summed E-state index contributed by atoms with van der Waals surface area (Å²) >= 11 is 0. The molecule has 0 bridgehead atoms. The van der Waals surface area contributed by atoms with Gasteiger partial charge in [0.2, 0.25) is 0 Å². The van der Waals surface area contributed by atoms with Gasteiger partial charge in [-0.15, -0.1) is 0 Å². The van der Waals surface area contributed by atoms with Gasteiger partial charge in [0, 0.05) is 18.7 Å². The summed E-state index contributed by atoms with van der Waals surface area (Å²) < 4.78 is 1.92. The third-order valence-electron chi connectivity index (χ3n) is 4.28. The van der Waals surface area contributed by atoms with Gasteiger partial charge in [-0.2, -0.15) is 5.10 Å². The molecule has 4 rings (SSSR count). The van der Waals surface area contributed by atoms with Crippen LogP contribution in [0.2, 0.25) is 0 Å². The number of aryl methyl sites for hydroxylation is 1. The lowest BCUT2D eigenvalue weighted by molar-refractivity contribution is 0.573. The van der Waals surface area contributed by atoms with Crippen LogP contribution >= 0.6 is 0 Å². The lowest BCUT2D eigenvalue weighted by atomic mass is 10.1. The molecule has 0 radical (unpaired) electrons. The van der Waals surface area contributed by atoms with Crippen LogP contribution in [0.5, 0.6) is 0 Å². The Hall–Kier alpha value is -2.43. The zero-order chi connectivity index (χ0) is 14.9. The lowest BCUT2D eigenvalue weighted by Crippen LogP contribution is -2.30. The van der Waals surface area contributed by atoms with E-state index in [2.05, 4.69) is 27.1 Å². The number of fused-ring (bicyclic) bond motifs is 1. The van der Waals surface area contributed by atoms with Crippen LogP contribution in [-0.2, 0) is 0 Å². The van der Waals surface area contributed by atoms with Crippen molar-refractivity contribution in [3.05, 3.63) is 42.5 Å². The average molecular weight is 293 g/mol. The van der Waals surface area contributed by atoms with Gasteiger partial charge in [-0.1, -0.05) is 30.3 Å². The highest BCUT2D eigenvalue weighted by Gasteiger charge is 2.21. The maximum Gasteiger partial charge on any atom is 0.158 e. The predicted molar refractivity (Wildman–Crippen MR) is 87.0 cm³/mol. The number of anilines is 1. The molecule has 1 saturated heterocycles. The summed E-state index contributed by atoms with van der Waals surface area (Å²) in [7, 11) is 0. The van der Waals surface area contributed by atoms with Gasteiger partial charge in [-0.25, -0.2) is 14.5 Å². The average Bonchev–Trinajstić information content (AvgIpc) is 2.94. The standard InChI is InChI=1S/C17H19N5/c1-13-20-15(14-8-4-2-5-9-14)16-17(18-12-19-22(13)16)21-10-6-3-7-11-21/h2,4-5,8-9,12H,3,6-7,10-11H2,1H3. The quantitative estimate of drug-likeness (QED) is 0.728. The Morgan fingerprint density at radius 2 is 1.77 bits per heavy atom. The Bertz CT molecular complexity index is 787. The summed E-state index contributed by atoms with van der Waals surface area (Å²) in [6.45, 7) is 4.11. The fourth-order valence-corrected chi connectivity index (χ4v) is 3.19. The lowest BCUT2D eigenvalue weighted by Gasteiger charge is -2.28. The van der Waals surface area contributed by atoms with Crippen molar-refractivity contribution in [3.63, 3.8) is 0 Å². The number of imidazole rings is 1. The Kier molecular flexibility index (Phi) is 3.25. The fraction of sp³-hybridized carbons (Fsp3) is 0.353. The van der Waals surface area contributed by atoms with E-state index >= 15 is 0 Å². The number of hydrogen-bond donors (Lipinski definition) is 0. The van der Waals surface area contributed by atoms with Gasteiger partial charge in [0.05, 0.1) is 0 Å². The summed E-state index contributed by atoms with van der Waals surface area (Å²) in [5, 5.41) is 4.40. The van der Waals surface area contributed by atoms with Crippen LogP contribution in [0.25, 0.3) is 16.8 Å². The third kappa shape index (κ3) is 2.13. The molecular weight excluding hydrogens is 274 g/mol. The van der Waals surface area contributed by atoms with Crippen LogP contribution in [-0.4, -0.2) is 32.7 Å². The fourth-order valence-electron chi connectivity index (χ4n) is 3.19. The second-order valence-corrected chi connectivity index (χ2v) is 5.77. The maximum atomic E-state index is 4.75. The number of hydrogen-bond acceptors (Lipinski definition) is 4. The summed E-state index contributed by atoms with van der Waals surface area (Å²) in [5.41, 5.74) is 3.11. The Morgan fingerprint density at radius 3 is 2.55 bits per heavy atom. The van der Waals surface area contributed by atoms with Crippen molar-refractivity contribution < 1.29 is 0 Å². The largest absolute Gasteiger partial charge is 0.355 e. The van der Waals surface area contributed by atoms with Crippen molar-refractivity contribution in [2.75, 3.05) is 18.0 Å². The van der Waals surface area contributed by atoms with Gasteiger partial charge in [0.1, 0.15) is 23.4 Å². The van der Waals surface area contributed by atoms with Crippen molar-refractivity contribution in [3.8, 4) is 11.3 Å². The number of rotatable bonds is 2. The molecule has 5 heteroatoms. The molecule has 22 heavy (non-hydrogen) atoms. The van der Waals surface area contributed by atoms with E-state index in [0.717, 1.165) is 41.5 Å². The summed E-state index contributed by atoms with van der Waals surface area (Å²) in [5.74, 6) is 1.91. The number of nitrogens with zero attached hydrogens (tertiary/aromatic N) is 5.